The molecule has 132 valence electrons. The molecule has 2 aliphatic rings. The Balaban J connectivity index is 1.37. The van der Waals surface area contributed by atoms with Gasteiger partial charge in [0.05, 0.1) is 12.1 Å². The van der Waals surface area contributed by atoms with Crippen molar-refractivity contribution >= 4 is 6.03 Å². The van der Waals surface area contributed by atoms with Crippen LogP contribution in [0.15, 0.2) is 24.3 Å². The van der Waals surface area contributed by atoms with E-state index in [1.807, 2.05) is 38.1 Å². The Hall–Kier alpha value is -1.75. The highest BCUT2D eigenvalue weighted by atomic mass is 16.5. The van der Waals surface area contributed by atoms with Gasteiger partial charge in [0.1, 0.15) is 12.4 Å². The maximum atomic E-state index is 12.2. The topological polar surface area (TPSA) is 59.6 Å². The first-order valence-electron chi connectivity index (χ1n) is 8.98. The van der Waals surface area contributed by atoms with E-state index >= 15 is 0 Å². The van der Waals surface area contributed by atoms with Crippen molar-refractivity contribution in [1.82, 2.24) is 10.6 Å². The van der Waals surface area contributed by atoms with Crippen molar-refractivity contribution < 1.29 is 14.3 Å². The molecule has 1 aromatic carbocycles. The minimum Gasteiger partial charge on any atom is -0.491 e. The highest BCUT2D eigenvalue weighted by molar-refractivity contribution is 5.74. The van der Waals surface area contributed by atoms with Gasteiger partial charge in [-0.05, 0) is 63.1 Å². The van der Waals surface area contributed by atoms with Crippen LogP contribution in [0.25, 0.3) is 0 Å². The lowest BCUT2D eigenvalue weighted by Crippen LogP contribution is -2.49. The summed E-state index contributed by atoms with van der Waals surface area (Å²) >= 11 is 0. The second-order valence-corrected chi connectivity index (χ2v) is 7.11. The molecule has 3 atom stereocenters. The Morgan fingerprint density at radius 3 is 2.96 bits per heavy atom. The van der Waals surface area contributed by atoms with Crippen LogP contribution in [0.1, 0.15) is 38.2 Å². The van der Waals surface area contributed by atoms with E-state index in [9.17, 15) is 4.79 Å². The summed E-state index contributed by atoms with van der Waals surface area (Å²) in [5, 5.41) is 6.04. The standard InChI is InChI=1S/C19H28N2O3/c1-13-4-3-5-17(10-13)24-12-14(2)20-19(22)21-16-8-9-23-18(11-16)15-6-7-15/h3-5,10,14-16,18H,6-9,11-12H2,1-2H3,(H2,20,21,22)/t14-,16-,18-/m0/s1. The fourth-order valence-electron chi connectivity index (χ4n) is 3.17. The molecule has 0 bridgehead atoms. The van der Waals surface area contributed by atoms with Gasteiger partial charge in [-0.3, -0.25) is 0 Å². The highest BCUT2D eigenvalue weighted by Crippen LogP contribution is 2.38. The SMILES string of the molecule is Cc1cccc(OC[C@H](C)NC(=O)N[C@H]2CCO[C@H](C3CC3)C2)c1. The van der Waals surface area contributed by atoms with Crippen LogP contribution in [0.2, 0.25) is 0 Å². The van der Waals surface area contributed by atoms with E-state index in [2.05, 4.69) is 10.6 Å². The monoisotopic (exact) mass is 332 g/mol. The lowest BCUT2D eigenvalue weighted by atomic mass is 10.0. The summed E-state index contributed by atoms with van der Waals surface area (Å²) in [7, 11) is 0. The Labute approximate surface area is 144 Å². The lowest BCUT2D eigenvalue weighted by molar-refractivity contribution is -0.00919. The van der Waals surface area contributed by atoms with Gasteiger partial charge in [0.2, 0.25) is 0 Å². The normalized spacial score (nSPS) is 24.9. The van der Waals surface area contributed by atoms with E-state index in [-0.39, 0.29) is 18.1 Å². The van der Waals surface area contributed by atoms with E-state index in [1.54, 1.807) is 0 Å². The van der Waals surface area contributed by atoms with Crippen molar-refractivity contribution in [1.29, 1.82) is 0 Å². The Morgan fingerprint density at radius 2 is 2.21 bits per heavy atom. The number of amides is 2. The van der Waals surface area contributed by atoms with E-state index in [0.29, 0.717) is 12.7 Å². The maximum absolute atomic E-state index is 12.2. The van der Waals surface area contributed by atoms with Crippen LogP contribution in [-0.4, -0.2) is 37.4 Å². The van der Waals surface area contributed by atoms with Crippen molar-refractivity contribution in [3.05, 3.63) is 29.8 Å². The minimum atomic E-state index is -0.114. The fourth-order valence-corrected chi connectivity index (χ4v) is 3.17. The maximum Gasteiger partial charge on any atom is 0.315 e. The van der Waals surface area contributed by atoms with Gasteiger partial charge in [0, 0.05) is 12.6 Å². The second kappa shape index (κ2) is 7.88. The van der Waals surface area contributed by atoms with E-state index in [4.69, 9.17) is 9.47 Å². The molecule has 1 heterocycles. The van der Waals surface area contributed by atoms with Gasteiger partial charge in [-0.1, -0.05) is 12.1 Å². The number of benzene rings is 1. The Kier molecular flexibility index (Phi) is 5.61. The van der Waals surface area contributed by atoms with Crippen LogP contribution in [-0.2, 0) is 4.74 Å². The minimum absolute atomic E-state index is 0.0513. The van der Waals surface area contributed by atoms with Gasteiger partial charge < -0.3 is 20.1 Å². The molecule has 5 nitrogen and oxygen atoms in total. The van der Waals surface area contributed by atoms with E-state index in [0.717, 1.165) is 36.7 Å². The first-order valence-corrected chi connectivity index (χ1v) is 8.98. The summed E-state index contributed by atoms with van der Waals surface area (Å²) in [5.41, 5.74) is 1.16. The van der Waals surface area contributed by atoms with Crippen LogP contribution < -0.4 is 15.4 Å². The molecule has 2 fully saturated rings. The molecule has 0 unspecified atom stereocenters. The number of urea groups is 1. The average Bonchev–Trinajstić information content (AvgIpc) is 3.38. The van der Waals surface area contributed by atoms with Crippen molar-refractivity contribution in [2.24, 2.45) is 5.92 Å². The molecule has 2 N–H and O–H groups in total. The molecule has 0 aromatic heterocycles. The van der Waals surface area contributed by atoms with Crippen LogP contribution >= 0.6 is 0 Å². The Bertz CT molecular complexity index is 559. The zero-order valence-electron chi connectivity index (χ0n) is 14.6. The number of carbonyl (C=O) groups excluding carboxylic acids is 1. The lowest BCUT2D eigenvalue weighted by Gasteiger charge is -2.30. The molecule has 24 heavy (non-hydrogen) atoms. The molecule has 2 amide bonds. The average molecular weight is 332 g/mol. The smallest absolute Gasteiger partial charge is 0.315 e. The predicted octanol–water partition coefficient (Wildman–Crippen LogP) is 3.02. The van der Waals surface area contributed by atoms with Gasteiger partial charge in [-0.25, -0.2) is 4.79 Å². The molecular formula is C19H28N2O3. The molecule has 1 aromatic rings. The highest BCUT2D eigenvalue weighted by Gasteiger charge is 2.36. The third-order valence-corrected chi connectivity index (χ3v) is 4.67. The van der Waals surface area contributed by atoms with Gasteiger partial charge in [0.25, 0.3) is 0 Å². The van der Waals surface area contributed by atoms with Crippen LogP contribution in [0.5, 0.6) is 5.75 Å². The van der Waals surface area contributed by atoms with Gasteiger partial charge in [0.15, 0.2) is 0 Å². The molecule has 3 rings (SSSR count). The number of hydrogen-bond donors (Lipinski definition) is 2. The largest absolute Gasteiger partial charge is 0.491 e. The molecule has 1 saturated heterocycles. The predicted molar refractivity (Wildman–Crippen MR) is 93.3 cm³/mol. The van der Waals surface area contributed by atoms with E-state index in [1.165, 1.54) is 12.8 Å². The summed E-state index contributed by atoms with van der Waals surface area (Å²) in [5.74, 6) is 1.56. The third kappa shape index (κ3) is 5.13. The number of carbonyl (C=O) groups is 1. The number of aryl methyl sites for hydroxylation is 1. The van der Waals surface area contributed by atoms with Gasteiger partial charge in [-0.2, -0.15) is 0 Å². The van der Waals surface area contributed by atoms with Gasteiger partial charge in [-0.15, -0.1) is 0 Å². The summed E-state index contributed by atoms with van der Waals surface area (Å²) in [6.45, 7) is 5.19. The number of ether oxygens (including phenoxy) is 2. The quantitative estimate of drug-likeness (QED) is 0.842. The fraction of sp³-hybridized carbons (Fsp3) is 0.632. The molecular weight excluding hydrogens is 304 g/mol. The van der Waals surface area contributed by atoms with Crippen LogP contribution in [0.4, 0.5) is 4.79 Å². The molecule has 5 heteroatoms. The molecule has 1 aliphatic carbocycles. The second-order valence-electron chi connectivity index (χ2n) is 7.11. The molecule has 1 aliphatic heterocycles. The van der Waals surface area contributed by atoms with E-state index < -0.39 is 0 Å². The zero-order chi connectivity index (χ0) is 16.9. The van der Waals surface area contributed by atoms with Gasteiger partial charge >= 0.3 is 6.03 Å². The first-order chi connectivity index (χ1) is 11.6. The summed E-state index contributed by atoms with van der Waals surface area (Å²) in [6, 6.07) is 7.98. The summed E-state index contributed by atoms with van der Waals surface area (Å²) < 4.78 is 11.5. The van der Waals surface area contributed by atoms with Crippen molar-refractivity contribution in [3.63, 3.8) is 0 Å². The molecule has 1 saturated carbocycles. The van der Waals surface area contributed by atoms with Crippen LogP contribution in [0, 0.1) is 12.8 Å². The van der Waals surface area contributed by atoms with Crippen LogP contribution in [0.3, 0.4) is 0 Å². The van der Waals surface area contributed by atoms with Crippen molar-refractivity contribution in [2.75, 3.05) is 13.2 Å². The van der Waals surface area contributed by atoms with Crippen molar-refractivity contribution in [2.45, 2.75) is 57.7 Å². The number of rotatable bonds is 6. The summed E-state index contributed by atoms with van der Waals surface area (Å²) in [4.78, 5) is 12.2. The molecule has 0 radical (unpaired) electrons. The third-order valence-electron chi connectivity index (χ3n) is 4.67. The first kappa shape index (κ1) is 17.1. The summed E-state index contributed by atoms with van der Waals surface area (Å²) in [6.07, 6.45) is 4.72. The number of nitrogens with one attached hydrogen (secondary N) is 2. The Morgan fingerprint density at radius 1 is 1.38 bits per heavy atom. The van der Waals surface area contributed by atoms with Crippen molar-refractivity contribution in [3.8, 4) is 5.75 Å². The number of hydrogen-bond acceptors (Lipinski definition) is 3. The molecule has 0 spiro atoms. The zero-order valence-corrected chi connectivity index (χ0v) is 14.6.